The number of amides is 1. The van der Waals surface area contributed by atoms with Crippen molar-refractivity contribution in [3.8, 4) is 10.8 Å². The molecule has 3 aromatic heterocycles. The number of alkyl halides is 3. The van der Waals surface area contributed by atoms with Crippen LogP contribution in [0.3, 0.4) is 0 Å². The molecule has 3 heterocycles. The standard InChI is InChI=1S/C22H20F3N5O4S2/c1-12(14-5-3-4-6-15(14)22(23,24)25)34-18-8-19(35-20(18)21(26)31)30-11-28-16-7-13(27-10-17(16)30)9-29-36(2,32)33/h3-8,10-12,29H,9H2,1-2H3,(H2,26,31)/t12-/m1/s1. The molecule has 0 spiro atoms. The Morgan fingerprint density at radius 2 is 1.97 bits per heavy atom. The molecule has 36 heavy (non-hydrogen) atoms. The highest BCUT2D eigenvalue weighted by atomic mass is 32.2. The number of nitrogens with two attached hydrogens (primary N) is 1. The van der Waals surface area contributed by atoms with Crippen LogP contribution < -0.4 is 15.2 Å². The quantitative estimate of drug-likeness (QED) is 0.351. The molecule has 0 unspecified atom stereocenters. The second-order valence-corrected chi connectivity index (χ2v) is 10.7. The normalized spacial score (nSPS) is 13.1. The van der Waals surface area contributed by atoms with Gasteiger partial charge in [0.2, 0.25) is 10.0 Å². The number of hydrogen-bond donors (Lipinski definition) is 2. The molecule has 0 saturated heterocycles. The number of nitrogens with zero attached hydrogens (tertiary/aromatic N) is 3. The molecule has 14 heteroatoms. The summed E-state index contributed by atoms with van der Waals surface area (Å²) in [6.45, 7) is 1.44. The number of sulfonamides is 1. The Labute approximate surface area is 207 Å². The fourth-order valence-corrected chi connectivity index (χ4v) is 4.87. The predicted molar refractivity (Wildman–Crippen MR) is 127 cm³/mol. The summed E-state index contributed by atoms with van der Waals surface area (Å²) in [6, 6.07) is 8.15. The van der Waals surface area contributed by atoms with Crippen LogP contribution in [0, 0.1) is 0 Å². The molecule has 1 amide bonds. The summed E-state index contributed by atoms with van der Waals surface area (Å²) in [5.74, 6) is -0.759. The molecule has 0 fully saturated rings. The van der Waals surface area contributed by atoms with E-state index in [1.165, 1.54) is 43.7 Å². The van der Waals surface area contributed by atoms with Gasteiger partial charge in [-0.2, -0.15) is 13.2 Å². The van der Waals surface area contributed by atoms with E-state index in [0.717, 1.165) is 23.7 Å². The highest BCUT2D eigenvalue weighted by molar-refractivity contribution is 7.88. The topological polar surface area (TPSA) is 129 Å². The number of carbonyl (C=O) groups is 1. The van der Waals surface area contributed by atoms with Crippen LogP contribution in [0.1, 0.15) is 39.5 Å². The zero-order chi connectivity index (χ0) is 26.3. The average Bonchev–Trinajstić information content (AvgIpc) is 3.40. The van der Waals surface area contributed by atoms with Gasteiger partial charge in [0, 0.05) is 11.6 Å². The van der Waals surface area contributed by atoms with Crippen molar-refractivity contribution < 1.29 is 31.1 Å². The number of pyridine rings is 1. The van der Waals surface area contributed by atoms with Crippen LogP contribution in [-0.2, 0) is 22.7 Å². The summed E-state index contributed by atoms with van der Waals surface area (Å²) in [4.78, 5) is 20.7. The van der Waals surface area contributed by atoms with Gasteiger partial charge in [0.05, 0.1) is 41.3 Å². The molecule has 0 saturated carbocycles. The first-order valence-corrected chi connectivity index (χ1v) is 13.1. The third kappa shape index (κ3) is 5.50. The maximum absolute atomic E-state index is 13.5. The van der Waals surface area contributed by atoms with E-state index in [1.807, 2.05) is 0 Å². The van der Waals surface area contributed by atoms with E-state index in [-0.39, 0.29) is 22.7 Å². The lowest BCUT2D eigenvalue weighted by molar-refractivity contribution is -0.139. The minimum atomic E-state index is -4.57. The van der Waals surface area contributed by atoms with Crippen molar-refractivity contribution in [2.24, 2.45) is 5.73 Å². The number of nitrogens with one attached hydrogen (secondary N) is 1. The Kier molecular flexibility index (Phi) is 6.77. The van der Waals surface area contributed by atoms with E-state index in [2.05, 4.69) is 14.7 Å². The van der Waals surface area contributed by atoms with Crippen molar-refractivity contribution in [3.63, 3.8) is 0 Å². The molecule has 4 aromatic rings. The number of halogens is 3. The van der Waals surface area contributed by atoms with E-state index in [1.54, 1.807) is 10.6 Å². The largest absolute Gasteiger partial charge is 0.484 e. The van der Waals surface area contributed by atoms with Gasteiger partial charge in [0.15, 0.2) is 0 Å². The average molecular weight is 540 g/mol. The molecule has 0 aliphatic rings. The van der Waals surface area contributed by atoms with Crippen molar-refractivity contribution in [1.29, 1.82) is 0 Å². The fraction of sp³-hybridized carbons (Fsp3) is 0.227. The van der Waals surface area contributed by atoms with Gasteiger partial charge in [-0.15, -0.1) is 11.3 Å². The van der Waals surface area contributed by atoms with Crippen molar-refractivity contribution in [3.05, 3.63) is 70.6 Å². The molecule has 0 aliphatic carbocycles. The lowest BCUT2D eigenvalue weighted by Crippen LogP contribution is -2.21. The summed E-state index contributed by atoms with van der Waals surface area (Å²) in [5, 5.41) is 0.474. The zero-order valence-electron chi connectivity index (χ0n) is 18.9. The van der Waals surface area contributed by atoms with Crippen molar-refractivity contribution in [2.75, 3.05) is 6.26 Å². The Morgan fingerprint density at radius 3 is 2.64 bits per heavy atom. The maximum atomic E-state index is 13.5. The summed E-state index contributed by atoms with van der Waals surface area (Å²) in [5.41, 5.74) is 6.11. The first-order chi connectivity index (χ1) is 16.8. The number of aromatic nitrogens is 3. The third-order valence-electron chi connectivity index (χ3n) is 5.16. The Morgan fingerprint density at radius 1 is 1.25 bits per heavy atom. The summed E-state index contributed by atoms with van der Waals surface area (Å²) in [7, 11) is -3.40. The Balaban J connectivity index is 1.66. The lowest BCUT2D eigenvalue weighted by Gasteiger charge is -2.19. The molecule has 3 N–H and O–H groups in total. The van der Waals surface area contributed by atoms with Crippen LogP contribution in [0.2, 0.25) is 0 Å². The zero-order valence-corrected chi connectivity index (χ0v) is 20.5. The number of fused-ring (bicyclic) bond motifs is 1. The highest BCUT2D eigenvalue weighted by Gasteiger charge is 2.35. The van der Waals surface area contributed by atoms with Crippen LogP contribution >= 0.6 is 11.3 Å². The van der Waals surface area contributed by atoms with Gasteiger partial charge in [-0.05, 0) is 19.1 Å². The number of rotatable bonds is 8. The number of hydrogen-bond acceptors (Lipinski definition) is 7. The monoisotopic (exact) mass is 539 g/mol. The van der Waals surface area contributed by atoms with Gasteiger partial charge in [-0.1, -0.05) is 18.2 Å². The number of benzene rings is 1. The van der Waals surface area contributed by atoms with E-state index < -0.39 is 33.8 Å². The van der Waals surface area contributed by atoms with Gasteiger partial charge < -0.3 is 10.5 Å². The smallest absolute Gasteiger partial charge is 0.416 e. The SMILES string of the molecule is C[C@@H](Oc1cc(-n2cnc3cc(CNS(C)(=O)=O)ncc32)sc1C(N)=O)c1ccccc1C(F)(F)F. The van der Waals surface area contributed by atoms with E-state index >= 15 is 0 Å². The molecule has 190 valence electrons. The molecular formula is C22H20F3N5O4S2. The molecule has 1 atom stereocenters. The molecule has 0 bridgehead atoms. The first-order valence-electron chi connectivity index (χ1n) is 10.4. The Bertz CT molecular complexity index is 1550. The second-order valence-electron chi connectivity index (χ2n) is 7.86. The third-order valence-corrected chi connectivity index (χ3v) is 6.96. The number of ether oxygens (including phenoxy) is 1. The molecule has 9 nitrogen and oxygen atoms in total. The summed E-state index contributed by atoms with van der Waals surface area (Å²) < 4.78 is 72.8. The number of thiophene rings is 1. The van der Waals surface area contributed by atoms with Crippen LogP contribution in [0.25, 0.3) is 16.0 Å². The van der Waals surface area contributed by atoms with Gasteiger partial charge in [-0.3, -0.25) is 14.3 Å². The molecule has 0 radical (unpaired) electrons. The van der Waals surface area contributed by atoms with E-state index in [9.17, 15) is 26.4 Å². The van der Waals surface area contributed by atoms with Gasteiger partial charge in [-0.25, -0.2) is 18.1 Å². The van der Waals surface area contributed by atoms with Crippen LogP contribution in [0.4, 0.5) is 13.2 Å². The fourth-order valence-electron chi connectivity index (χ4n) is 3.53. The maximum Gasteiger partial charge on any atom is 0.416 e. The van der Waals surface area contributed by atoms with E-state index in [4.69, 9.17) is 10.5 Å². The Hall–Kier alpha value is -3.49. The summed E-state index contributed by atoms with van der Waals surface area (Å²) >= 11 is 0.987. The second kappa shape index (κ2) is 9.52. The van der Waals surface area contributed by atoms with E-state index in [0.29, 0.717) is 21.7 Å². The van der Waals surface area contributed by atoms with Gasteiger partial charge in [0.25, 0.3) is 5.91 Å². The number of primary amides is 1. The lowest BCUT2D eigenvalue weighted by atomic mass is 10.0. The minimum absolute atomic E-state index is 0.0122. The first kappa shape index (κ1) is 25.6. The predicted octanol–water partition coefficient (Wildman–Crippen LogP) is 3.79. The van der Waals surface area contributed by atoms with Crippen LogP contribution in [0.5, 0.6) is 5.75 Å². The molecule has 1 aromatic carbocycles. The highest BCUT2D eigenvalue weighted by Crippen LogP contribution is 2.39. The number of carbonyl (C=O) groups excluding carboxylic acids is 1. The minimum Gasteiger partial charge on any atom is -0.484 e. The van der Waals surface area contributed by atoms with Crippen LogP contribution in [0.15, 0.2) is 48.9 Å². The van der Waals surface area contributed by atoms with Crippen molar-refractivity contribution >= 4 is 38.3 Å². The van der Waals surface area contributed by atoms with Gasteiger partial charge >= 0.3 is 6.18 Å². The van der Waals surface area contributed by atoms with Crippen LogP contribution in [-0.4, -0.2) is 35.1 Å². The molecule has 4 rings (SSSR count). The van der Waals surface area contributed by atoms with Crippen molar-refractivity contribution in [2.45, 2.75) is 25.7 Å². The molecule has 0 aliphatic heterocycles. The summed E-state index contributed by atoms with van der Waals surface area (Å²) in [6.07, 6.45) is -1.60. The molecular weight excluding hydrogens is 519 g/mol. The van der Waals surface area contributed by atoms with Crippen molar-refractivity contribution in [1.82, 2.24) is 19.3 Å². The van der Waals surface area contributed by atoms with Gasteiger partial charge in [0.1, 0.15) is 28.1 Å². The number of imidazole rings is 1.